The molecule has 4 heteroatoms. The van der Waals surface area contributed by atoms with E-state index in [0.29, 0.717) is 6.04 Å². The third-order valence-corrected chi connectivity index (χ3v) is 4.83. The van der Waals surface area contributed by atoms with Gasteiger partial charge >= 0.3 is 0 Å². The van der Waals surface area contributed by atoms with Crippen molar-refractivity contribution in [2.75, 3.05) is 6.54 Å². The number of nitrogens with zero attached hydrogens (tertiary/aromatic N) is 3. The number of hydrogen-bond acceptors (Lipinski definition) is 2. The Morgan fingerprint density at radius 2 is 2.19 bits per heavy atom. The van der Waals surface area contributed by atoms with Crippen LogP contribution in [-0.4, -0.2) is 21.0 Å². The summed E-state index contributed by atoms with van der Waals surface area (Å²) in [5.74, 6) is -0.134. The Bertz CT molecular complexity index is 660. The van der Waals surface area contributed by atoms with Crippen LogP contribution in [0.1, 0.15) is 48.7 Å². The highest BCUT2D eigenvalue weighted by atomic mass is 19.1. The molecule has 1 saturated carbocycles. The Labute approximate surface area is 124 Å². The third-order valence-electron chi connectivity index (χ3n) is 4.83. The van der Waals surface area contributed by atoms with E-state index in [9.17, 15) is 4.39 Å². The average molecular weight is 285 g/mol. The first-order chi connectivity index (χ1) is 10.2. The molecule has 0 amide bonds. The summed E-state index contributed by atoms with van der Waals surface area (Å²) >= 11 is 0. The summed E-state index contributed by atoms with van der Waals surface area (Å²) in [5, 5.41) is 0. The Balaban J connectivity index is 1.57. The van der Waals surface area contributed by atoms with Gasteiger partial charge in [-0.1, -0.05) is 6.07 Å². The SMILES string of the molecule is C[C@H]1c2cc(F)ccc2CCN1Cc1cncn1C1CC1. The predicted molar refractivity (Wildman–Crippen MR) is 79.4 cm³/mol. The highest BCUT2D eigenvalue weighted by Gasteiger charge is 2.28. The van der Waals surface area contributed by atoms with Crippen LogP contribution in [0.3, 0.4) is 0 Å². The topological polar surface area (TPSA) is 21.1 Å². The molecule has 0 radical (unpaired) electrons. The first kappa shape index (κ1) is 13.0. The molecule has 0 N–H and O–H groups in total. The van der Waals surface area contributed by atoms with Crippen LogP contribution >= 0.6 is 0 Å². The zero-order chi connectivity index (χ0) is 14.4. The lowest BCUT2D eigenvalue weighted by Gasteiger charge is -2.35. The lowest BCUT2D eigenvalue weighted by Crippen LogP contribution is -2.34. The molecule has 1 aromatic carbocycles. The molecule has 0 bridgehead atoms. The second kappa shape index (κ2) is 4.95. The fraction of sp³-hybridized carbons (Fsp3) is 0.471. The van der Waals surface area contributed by atoms with E-state index in [-0.39, 0.29) is 11.9 Å². The van der Waals surface area contributed by atoms with Crippen LogP contribution in [0, 0.1) is 5.82 Å². The number of fused-ring (bicyclic) bond motifs is 1. The number of imidazole rings is 1. The van der Waals surface area contributed by atoms with Gasteiger partial charge in [-0.05, 0) is 49.4 Å². The van der Waals surface area contributed by atoms with Gasteiger partial charge in [0.15, 0.2) is 0 Å². The zero-order valence-corrected chi connectivity index (χ0v) is 12.3. The van der Waals surface area contributed by atoms with Gasteiger partial charge in [-0.25, -0.2) is 9.37 Å². The van der Waals surface area contributed by atoms with Crippen LogP contribution < -0.4 is 0 Å². The minimum Gasteiger partial charge on any atom is -0.330 e. The Kier molecular flexibility index (Phi) is 3.07. The maximum Gasteiger partial charge on any atom is 0.123 e. The number of halogens is 1. The van der Waals surface area contributed by atoms with Crippen molar-refractivity contribution in [2.24, 2.45) is 0 Å². The predicted octanol–water partition coefficient (Wildman–Crippen LogP) is 3.48. The molecule has 21 heavy (non-hydrogen) atoms. The molecule has 1 aliphatic heterocycles. The number of hydrogen-bond donors (Lipinski definition) is 0. The molecule has 1 atom stereocenters. The minimum absolute atomic E-state index is 0.134. The number of rotatable bonds is 3. The molecule has 2 heterocycles. The second-order valence-electron chi connectivity index (χ2n) is 6.26. The molecule has 0 spiro atoms. The van der Waals surface area contributed by atoms with Gasteiger partial charge in [-0.3, -0.25) is 4.90 Å². The minimum atomic E-state index is -0.134. The van der Waals surface area contributed by atoms with E-state index in [1.54, 1.807) is 12.1 Å². The fourth-order valence-electron chi connectivity index (χ4n) is 3.40. The van der Waals surface area contributed by atoms with Crippen molar-refractivity contribution in [2.45, 2.75) is 44.8 Å². The smallest absolute Gasteiger partial charge is 0.123 e. The van der Waals surface area contributed by atoms with Gasteiger partial charge in [0.05, 0.1) is 12.0 Å². The standard InChI is InChI=1S/C17H20FN3/c1-12-17-8-14(18)3-2-13(17)6-7-20(12)10-16-9-19-11-21(16)15-4-5-15/h2-3,8-9,11-12,15H,4-7,10H2,1H3/t12-/m0/s1. The van der Waals surface area contributed by atoms with E-state index < -0.39 is 0 Å². The van der Waals surface area contributed by atoms with Crippen molar-refractivity contribution in [1.82, 2.24) is 14.5 Å². The monoisotopic (exact) mass is 285 g/mol. The fourth-order valence-corrected chi connectivity index (χ4v) is 3.40. The van der Waals surface area contributed by atoms with E-state index >= 15 is 0 Å². The summed E-state index contributed by atoms with van der Waals surface area (Å²) in [7, 11) is 0. The molecule has 4 rings (SSSR count). The highest BCUT2D eigenvalue weighted by Crippen LogP contribution is 2.37. The molecule has 1 fully saturated rings. The summed E-state index contributed by atoms with van der Waals surface area (Å²) in [6.45, 7) is 4.10. The van der Waals surface area contributed by atoms with Crippen molar-refractivity contribution in [1.29, 1.82) is 0 Å². The Morgan fingerprint density at radius 3 is 3.00 bits per heavy atom. The largest absolute Gasteiger partial charge is 0.330 e. The molecule has 0 saturated heterocycles. The lowest BCUT2D eigenvalue weighted by molar-refractivity contribution is 0.184. The Hall–Kier alpha value is -1.68. The van der Waals surface area contributed by atoms with E-state index in [0.717, 1.165) is 25.1 Å². The van der Waals surface area contributed by atoms with Crippen LogP contribution in [0.4, 0.5) is 4.39 Å². The quantitative estimate of drug-likeness (QED) is 0.861. The van der Waals surface area contributed by atoms with Gasteiger partial charge in [0.25, 0.3) is 0 Å². The third kappa shape index (κ3) is 2.38. The Morgan fingerprint density at radius 1 is 1.33 bits per heavy atom. The van der Waals surface area contributed by atoms with Crippen molar-refractivity contribution in [3.8, 4) is 0 Å². The molecule has 1 aliphatic carbocycles. The normalized spacial score (nSPS) is 22.3. The van der Waals surface area contributed by atoms with Crippen LogP contribution in [0.5, 0.6) is 0 Å². The zero-order valence-electron chi connectivity index (χ0n) is 12.3. The first-order valence-electron chi connectivity index (χ1n) is 7.75. The van der Waals surface area contributed by atoms with Gasteiger partial charge in [0, 0.05) is 31.4 Å². The number of aromatic nitrogens is 2. The molecular weight excluding hydrogens is 265 g/mol. The molecule has 0 unspecified atom stereocenters. The first-order valence-corrected chi connectivity index (χ1v) is 7.75. The van der Waals surface area contributed by atoms with Crippen LogP contribution in [0.2, 0.25) is 0 Å². The van der Waals surface area contributed by atoms with Crippen LogP contribution in [0.15, 0.2) is 30.7 Å². The van der Waals surface area contributed by atoms with Crippen molar-refractivity contribution in [3.63, 3.8) is 0 Å². The summed E-state index contributed by atoms with van der Waals surface area (Å²) < 4.78 is 15.8. The molecule has 2 aliphatic rings. The summed E-state index contributed by atoms with van der Waals surface area (Å²) in [5.41, 5.74) is 3.71. The average Bonchev–Trinajstić information content (AvgIpc) is 3.22. The number of benzene rings is 1. The van der Waals surface area contributed by atoms with E-state index in [1.807, 2.05) is 18.6 Å². The summed E-state index contributed by atoms with van der Waals surface area (Å²) in [4.78, 5) is 6.74. The lowest BCUT2D eigenvalue weighted by atomic mass is 9.93. The maximum absolute atomic E-state index is 13.5. The van der Waals surface area contributed by atoms with E-state index in [2.05, 4.69) is 21.4 Å². The van der Waals surface area contributed by atoms with Crippen LogP contribution in [-0.2, 0) is 13.0 Å². The van der Waals surface area contributed by atoms with E-state index in [1.165, 1.54) is 24.1 Å². The van der Waals surface area contributed by atoms with Gasteiger partial charge in [0.1, 0.15) is 5.82 Å². The summed E-state index contributed by atoms with van der Waals surface area (Å²) in [6.07, 6.45) is 7.47. The highest BCUT2D eigenvalue weighted by molar-refractivity contribution is 5.33. The molecule has 2 aromatic rings. The van der Waals surface area contributed by atoms with Gasteiger partial charge < -0.3 is 4.57 Å². The van der Waals surface area contributed by atoms with E-state index in [4.69, 9.17) is 0 Å². The second-order valence-corrected chi connectivity index (χ2v) is 6.26. The van der Waals surface area contributed by atoms with Crippen molar-refractivity contribution in [3.05, 3.63) is 53.4 Å². The summed E-state index contributed by atoms with van der Waals surface area (Å²) in [6, 6.07) is 6.13. The van der Waals surface area contributed by atoms with Gasteiger partial charge in [-0.2, -0.15) is 0 Å². The van der Waals surface area contributed by atoms with Crippen LogP contribution in [0.25, 0.3) is 0 Å². The molecule has 110 valence electrons. The molecule has 3 nitrogen and oxygen atoms in total. The van der Waals surface area contributed by atoms with Crippen molar-refractivity contribution >= 4 is 0 Å². The maximum atomic E-state index is 13.5. The van der Waals surface area contributed by atoms with Crippen molar-refractivity contribution < 1.29 is 4.39 Å². The molecular formula is C17H20FN3. The van der Waals surface area contributed by atoms with Gasteiger partial charge in [-0.15, -0.1) is 0 Å². The van der Waals surface area contributed by atoms with Gasteiger partial charge in [0.2, 0.25) is 0 Å². The molecule has 1 aromatic heterocycles.